The molecule has 3 aromatic rings. The first kappa shape index (κ1) is 29.5. The number of carbonyl (C=O) groups excluding carboxylic acids is 2. The number of anilines is 1. The van der Waals surface area contributed by atoms with Gasteiger partial charge in [-0.2, -0.15) is 0 Å². The van der Waals surface area contributed by atoms with Gasteiger partial charge in [-0.15, -0.1) is 13.2 Å². The van der Waals surface area contributed by atoms with Crippen LogP contribution in [-0.4, -0.2) is 36.8 Å². The quantitative estimate of drug-likeness (QED) is 0.265. The van der Waals surface area contributed by atoms with E-state index in [-0.39, 0.29) is 29.5 Å². The Hall–Kier alpha value is -4.02. The van der Waals surface area contributed by atoms with Crippen LogP contribution >= 0.6 is 0 Å². The molecule has 0 radical (unpaired) electrons. The zero-order valence-electron chi connectivity index (χ0n) is 22.0. The molecule has 0 aliphatic heterocycles. The zero-order chi connectivity index (χ0) is 28.8. The van der Waals surface area contributed by atoms with Gasteiger partial charge >= 0.3 is 6.36 Å². The highest BCUT2D eigenvalue weighted by Gasteiger charge is 2.31. The third-order valence-electron chi connectivity index (χ3n) is 5.47. The molecule has 2 aromatic carbocycles. The van der Waals surface area contributed by atoms with Crippen molar-refractivity contribution in [3.8, 4) is 17.1 Å². The van der Waals surface area contributed by atoms with E-state index in [2.05, 4.69) is 20.7 Å². The largest absolute Gasteiger partial charge is 0.573 e. The number of amides is 2. The monoisotopic (exact) mass is 549 g/mol. The molecular formula is C28H31F4N3O4. The molecule has 3 rings (SSSR count). The number of rotatable bonds is 10. The van der Waals surface area contributed by atoms with E-state index in [0.717, 1.165) is 0 Å². The van der Waals surface area contributed by atoms with E-state index in [1.165, 1.54) is 48.5 Å². The lowest BCUT2D eigenvalue weighted by Gasteiger charge is -2.27. The molecule has 1 aromatic heterocycles. The van der Waals surface area contributed by atoms with Crippen molar-refractivity contribution in [2.75, 3.05) is 11.9 Å². The minimum Gasteiger partial charge on any atom is -0.451 e. The van der Waals surface area contributed by atoms with Crippen LogP contribution in [0.5, 0.6) is 5.75 Å². The van der Waals surface area contributed by atoms with E-state index in [1.54, 1.807) is 19.1 Å². The van der Waals surface area contributed by atoms with Gasteiger partial charge in [0, 0.05) is 23.8 Å². The summed E-state index contributed by atoms with van der Waals surface area (Å²) in [5.74, 6) is -1.47. The second-order valence-corrected chi connectivity index (χ2v) is 10.3. The molecule has 0 saturated carbocycles. The van der Waals surface area contributed by atoms with Crippen LogP contribution < -0.4 is 20.7 Å². The lowest BCUT2D eigenvalue weighted by molar-refractivity contribution is -0.274. The maximum Gasteiger partial charge on any atom is 0.573 e. The van der Waals surface area contributed by atoms with Crippen LogP contribution in [0.3, 0.4) is 0 Å². The summed E-state index contributed by atoms with van der Waals surface area (Å²) in [7, 11) is 0. The van der Waals surface area contributed by atoms with Gasteiger partial charge in [0.2, 0.25) is 5.91 Å². The highest BCUT2D eigenvalue weighted by atomic mass is 19.4. The fourth-order valence-electron chi connectivity index (χ4n) is 3.75. The van der Waals surface area contributed by atoms with Gasteiger partial charge in [0.15, 0.2) is 5.76 Å². The summed E-state index contributed by atoms with van der Waals surface area (Å²) < 4.78 is 60.0. The summed E-state index contributed by atoms with van der Waals surface area (Å²) in [6.45, 7) is 7.83. The molecule has 0 spiro atoms. The maximum atomic E-state index is 13.5. The maximum absolute atomic E-state index is 13.5. The molecule has 0 unspecified atom stereocenters. The van der Waals surface area contributed by atoms with Gasteiger partial charge in [0.1, 0.15) is 23.4 Å². The number of furan rings is 1. The highest BCUT2D eigenvalue weighted by Crippen LogP contribution is 2.25. The van der Waals surface area contributed by atoms with Crippen molar-refractivity contribution in [2.24, 2.45) is 5.41 Å². The number of hydrogen-bond donors (Lipinski definition) is 3. The lowest BCUT2D eigenvalue weighted by Crippen LogP contribution is -2.51. The zero-order valence-corrected chi connectivity index (χ0v) is 22.0. The summed E-state index contributed by atoms with van der Waals surface area (Å²) >= 11 is 0. The van der Waals surface area contributed by atoms with Crippen molar-refractivity contribution < 1.29 is 36.3 Å². The second kappa shape index (κ2) is 12.2. The standard InChI is InChI=1S/C28H31F4N3O4/c1-17(16-33-20-8-10-21(11-9-20)39-28(30,31)32)34-25(36)22(15-27(2,3)4)35-26(37)24-13-12-23(38-24)18-6-5-7-19(29)14-18/h5-14,17,22,33H,15-16H2,1-4H3,(H,34,36)(H,35,37)/t17-,22-/m0/s1. The van der Waals surface area contributed by atoms with Crippen molar-refractivity contribution >= 4 is 17.5 Å². The predicted octanol–water partition coefficient (Wildman–Crippen LogP) is 6.14. The highest BCUT2D eigenvalue weighted by molar-refractivity contribution is 5.96. The molecule has 7 nitrogen and oxygen atoms in total. The third-order valence-corrected chi connectivity index (χ3v) is 5.47. The Bertz CT molecular complexity index is 1270. The Kier molecular flexibility index (Phi) is 9.26. The Morgan fingerprint density at radius 3 is 2.28 bits per heavy atom. The third kappa shape index (κ3) is 9.66. The Morgan fingerprint density at radius 1 is 0.974 bits per heavy atom. The molecular weight excluding hydrogens is 518 g/mol. The van der Waals surface area contributed by atoms with Crippen molar-refractivity contribution in [3.63, 3.8) is 0 Å². The van der Waals surface area contributed by atoms with E-state index in [0.29, 0.717) is 23.4 Å². The molecule has 3 N–H and O–H groups in total. The van der Waals surface area contributed by atoms with E-state index >= 15 is 0 Å². The lowest BCUT2D eigenvalue weighted by atomic mass is 9.87. The number of hydrogen-bond acceptors (Lipinski definition) is 5. The van der Waals surface area contributed by atoms with Crippen molar-refractivity contribution in [2.45, 2.75) is 52.6 Å². The number of ether oxygens (including phenoxy) is 1. The van der Waals surface area contributed by atoms with Crippen LogP contribution in [0.1, 0.15) is 44.7 Å². The van der Waals surface area contributed by atoms with Crippen molar-refractivity contribution in [3.05, 3.63) is 72.2 Å². The summed E-state index contributed by atoms with van der Waals surface area (Å²) in [6.07, 6.45) is -4.43. The molecule has 2 atom stereocenters. The summed E-state index contributed by atoms with van der Waals surface area (Å²) in [4.78, 5) is 26.0. The van der Waals surface area contributed by atoms with Crippen molar-refractivity contribution in [1.82, 2.24) is 10.6 Å². The van der Waals surface area contributed by atoms with Crippen LogP contribution in [-0.2, 0) is 4.79 Å². The SMILES string of the molecule is C[C@@H](CNc1ccc(OC(F)(F)F)cc1)NC(=O)[C@H](CC(C)(C)C)NC(=O)c1ccc(-c2cccc(F)c2)o1. The molecule has 210 valence electrons. The molecule has 0 fully saturated rings. The molecule has 0 aliphatic carbocycles. The van der Waals surface area contributed by atoms with Gasteiger partial charge < -0.3 is 25.1 Å². The molecule has 0 saturated heterocycles. The molecule has 39 heavy (non-hydrogen) atoms. The number of benzene rings is 2. The molecule has 0 aliphatic rings. The second-order valence-electron chi connectivity index (χ2n) is 10.3. The first-order chi connectivity index (χ1) is 18.2. The summed E-state index contributed by atoms with van der Waals surface area (Å²) in [6, 6.07) is 12.8. The number of halogens is 4. The summed E-state index contributed by atoms with van der Waals surface area (Å²) in [5, 5.41) is 8.61. The van der Waals surface area contributed by atoms with Gasteiger partial charge in [0.05, 0.1) is 0 Å². The van der Waals surface area contributed by atoms with Gasteiger partial charge in [-0.3, -0.25) is 9.59 Å². The topological polar surface area (TPSA) is 92.6 Å². The molecule has 0 bridgehead atoms. The van der Waals surface area contributed by atoms with Crippen LogP contribution in [0, 0.1) is 11.2 Å². The van der Waals surface area contributed by atoms with E-state index < -0.39 is 30.0 Å². The van der Waals surface area contributed by atoms with E-state index in [1.807, 2.05) is 20.8 Å². The average Bonchev–Trinajstić information content (AvgIpc) is 3.32. The van der Waals surface area contributed by atoms with Crippen LogP contribution in [0.15, 0.2) is 65.1 Å². The van der Waals surface area contributed by atoms with E-state index in [9.17, 15) is 27.2 Å². The van der Waals surface area contributed by atoms with E-state index in [4.69, 9.17) is 4.42 Å². The summed E-state index contributed by atoms with van der Waals surface area (Å²) in [5.41, 5.74) is 0.714. The van der Waals surface area contributed by atoms with Crippen LogP contribution in [0.25, 0.3) is 11.3 Å². The number of carbonyl (C=O) groups is 2. The average molecular weight is 550 g/mol. The first-order valence-corrected chi connectivity index (χ1v) is 12.3. The molecule has 2 amide bonds. The minimum atomic E-state index is -4.77. The predicted molar refractivity (Wildman–Crippen MR) is 139 cm³/mol. The van der Waals surface area contributed by atoms with Gasteiger partial charge in [-0.25, -0.2) is 4.39 Å². The minimum absolute atomic E-state index is 0.0198. The number of nitrogens with one attached hydrogen (secondary N) is 3. The fourth-order valence-corrected chi connectivity index (χ4v) is 3.75. The first-order valence-electron chi connectivity index (χ1n) is 12.3. The Morgan fingerprint density at radius 2 is 1.67 bits per heavy atom. The Labute approximate surface area is 223 Å². The molecule has 11 heteroatoms. The van der Waals surface area contributed by atoms with Gasteiger partial charge in [-0.05, 0) is 67.3 Å². The fraction of sp³-hybridized carbons (Fsp3) is 0.357. The Balaban J connectivity index is 1.60. The molecule has 1 heterocycles. The van der Waals surface area contributed by atoms with Crippen molar-refractivity contribution in [1.29, 1.82) is 0 Å². The van der Waals surface area contributed by atoms with Gasteiger partial charge in [0.25, 0.3) is 5.91 Å². The van der Waals surface area contributed by atoms with Crippen LogP contribution in [0.2, 0.25) is 0 Å². The van der Waals surface area contributed by atoms with Crippen LogP contribution in [0.4, 0.5) is 23.2 Å². The smallest absolute Gasteiger partial charge is 0.451 e. The number of alkyl halides is 3. The normalized spacial score (nSPS) is 13.3. The van der Waals surface area contributed by atoms with Gasteiger partial charge in [-0.1, -0.05) is 32.9 Å².